The van der Waals surface area contributed by atoms with Crippen molar-refractivity contribution < 1.29 is 13.2 Å². The lowest BCUT2D eigenvalue weighted by Gasteiger charge is -2.19. The Labute approximate surface area is 167 Å². The molecule has 0 fully saturated rings. The number of rotatable bonds is 7. The molecule has 0 atom stereocenters. The van der Waals surface area contributed by atoms with E-state index in [4.69, 9.17) is 0 Å². The Hall–Kier alpha value is -2.18. The van der Waals surface area contributed by atoms with E-state index >= 15 is 0 Å². The maximum absolute atomic E-state index is 12.4. The summed E-state index contributed by atoms with van der Waals surface area (Å²) in [5.41, 5.74) is 5.73. The van der Waals surface area contributed by atoms with E-state index in [1.54, 1.807) is 20.8 Å². The van der Waals surface area contributed by atoms with Crippen molar-refractivity contribution in [3.05, 3.63) is 53.6 Å². The van der Waals surface area contributed by atoms with Gasteiger partial charge in [0, 0.05) is 25.1 Å². The molecule has 3 rings (SSSR count). The fourth-order valence-electron chi connectivity index (χ4n) is 3.32. The van der Waals surface area contributed by atoms with Crippen molar-refractivity contribution in [3.8, 4) is 11.1 Å². The molecule has 28 heavy (non-hydrogen) atoms. The minimum absolute atomic E-state index is 0.0389. The molecule has 2 N–H and O–H groups in total. The molecule has 1 aliphatic rings. The Morgan fingerprint density at radius 3 is 2.46 bits per heavy atom. The second-order valence-electron chi connectivity index (χ2n) is 8.18. The Bertz CT molecular complexity index is 976. The Balaban J connectivity index is 1.51. The summed E-state index contributed by atoms with van der Waals surface area (Å²) < 4.78 is 25.8. The molecule has 0 saturated heterocycles. The van der Waals surface area contributed by atoms with Crippen LogP contribution in [0.3, 0.4) is 0 Å². The number of anilines is 1. The molecule has 0 saturated carbocycles. The SMILES string of the molecule is CC(C)(C)S(=O)(=O)NCCCCC(=O)Nc1cccc2c1Cc1ccccc1-2. The molecule has 1 aliphatic carbocycles. The zero-order chi connectivity index (χ0) is 20.4. The molecule has 5 nitrogen and oxygen atoms in total. The summed E-state index contributed by atoms with van der Waals surface area (Å²) in [5, 5.41) is 3.03. The molecule has 2 aromatic rings. The van der Waals surface area contributed by atoms with Crippen LogP contribution >= 0.6 is 0 Å². The third-order valence-electron chi connectivity index (χ3n) is 5.05. The van der Waals surface area contributed by atoms with Gasteiger partial charge in [-0.1, -0.05) is 36.4 Å². The van der Waals surface area contributed by atoms with E-state index in [2.05, 4.69) is 28.2 Å². The summed E-state index contributed by atoms with van der Waals surface area (Å²) in [6, 6.07) is 14.3. The Morgan fingerprint density at radius 1 is 1.00 bits per heavy atom. The summed E-state index contributed by atoms with van der Waals surface area (Å²) in [6.45, 7) is 5.35. The number of sulfonamides is 1. The largest absolute Gasteiger partial charge is 0.326 e. The van der Waals surface area contributed by atoms with Gasteiger partial charge in [-0.15, -0.1) is 0 Å². The number of hydrogen-bond acceptors (Lipinski definition) is 3. The summed E-state index contributed by atoms with van der Waals surface area (Å²) in [4.78, 5) is 12.4. The van der Waals surface area contributed by atoms with Gasteiger partial charge in [0.1, 0.15) is 0 Å². The van der Waals surface area contributed by atoms with Crippen LogP contribution in [0.5, 0.6) is 0 Å². The Kier molecular flexibility index (Phi) is 5.91. The average Bonchev–Trinajstić information content (AvgIpc) is 3.00. The predicted octanol–water partition coefficient (Wildman–Crippen LogP) is 4.08. The van der Waals surface area contributed by atoms with Crippen LogP contribution in [0.2, 0.25) is 0 Å². The summed E-state index contributed by atoms with van der Waals surface area (Å²) in [5.74, 6) is -0.0389. The van der Waals surface area contributed by atoms with Gasteiger partial charge >= 0.3 is 0 Å². The van der Waals surface area contributed by atoms with E-state index in [1.165, 1.54) is 16.7 Å². The highest BCUT2D eigenvalue weighted by Gasteiger charge is 2.28. The maximum atomic E-state index is 12.4. The summed E-state index contributed by atoms with van der Waals surface area (Å²) in [7, 11) is -3.33. The van der Waals surface area contributed by atoms with Crippen LogP contribution in [0.1, 0.15) is 51.2 Å². The molecule has 0 heterocycles. The molecule has 0 radical (unpaired) electrons. The highest BCUT2D eigenvalue weighted by atomic mass is 32.2. The average molecular weight is 401 g/mol. The lowest BCUT2D eigenvalue weighted by molar-refractivity contribution is -0.116. The summed E-state index contributed by atoms with van der Waals surface area (Å²) in [6.07, 6.45) is 2.46. The van der Waals surface area contributed by atoms with Crippen molar-refractivity contribution in [2.75, 3.05) is 11.9 Å². The van der Waals surface area contributed by atoms with E-state index in [1.807, 2.05) is 24.3 Å². The number of carbonyl (C=O) groups is 1. The highest BCUT2D eigenvalue weighted by Crippen LogP contribution is 2.39. The Morgan fingerprint density at radius 2 is 1.71 bits per heavy atom. The number of benzene rings is 2. The van der Waals surface area contributed by atoms with E-state index < -0.39 is 14.8 Å². The topological polar surface area (TPSA) is 75.3 Å². The molecule has 0 aromatic heterocycles. The monoisotopic (exact) mass is 400 g/mol. The second-order valence-corrected chi connectivity index (χ2v) is 10.7. The number of carbonyl (C=O) groups excluding carboxylic acids is 1. The lowest BCUT2D eigenvalue weighted by Crippen LogP contribution is -2.39. The van der Waals surface area contributed by atoms with Gasteiger partial charge in [-0.2, -0.15) is 0 Å². The molecule has 6 heteroatoms. The first kappa shape index (κ1) is 20.6. The maximum Gasteiger partial charge on any atom is 0.224 e. The van der Waals surface area contributed by atoms with Gasteiger partial charge in [-0.05, 0) is 61.9 Å². The van der Waals surface area contributed by atoms with Gasteiger partial charge in [0.2, 0.25) is 15.9 Å². The van der Waals surface area contributed by atoms with Crippen molar-refractivity contribution >= 4 is 21.6 Å². The van der Waals surface area contributed by atoms with Crippen LogP contribution in [0.4, 0.5) is 5.69 Å². The minimum Gasteiger partial charge on any atom is -0.326 e. The molecular weight excluding hydrogens is 372 g/mol. The van der Waals surface area contributed by atoms with E-state index in [-0.39, 0.29) is 5.91 Å². The van der Waals surface area contributed by atoms with Crippen molar-refractivity contribution in [2.45, 2.75) is 51.2 Å². The number of unbranched alkanes of at least 4 members (excludes halogenated alkanes) is 1. The van der Waals surface area contributed by atoms with Crippen LogP contribution in [0.15, 0.2) is 42.5 Å². The first-order valence-electron chi connectivity index (χ1n) is 9.68. The van der Waals surface area contributed by atoms with Gasteiger partial charge in [0.25, 0.3) is 0 Å². The van der Waals surface area contributed by atoms with Crippen LogP contribution in [-0.4, -0.2) is 25.6 Å². The standard InChI is InChI=1S/C22H28N2O3S/c1-22(2,3)28(26,27)23-14-7-6-13-21(25)24-20-12-8-11-18-17-10-5-4-9-16(17)15-19(18)20/h4-5,8-12,23H,6-7,13-15H2,1-3H3,(H,24,25). The fourth-order valence-corrected chi connectivity index (χ4v) is 4.17. The van der Waals surface area contributed by atoms with Crippen LogP contribution < -0.4 is 10.0 Å². The van der Waals surface area contributed by atoms with Gasteiger partial charge in [-0.3, -0.25) is 4.79 Å². The number of hydrogen-bond donors (Lipinski definition) is 2. The van der Waals surface area contributed by atoms with Gasteiger partial charge in [0.05, 0.1) is 4.75 Å². The van der Waals surface area contributed by atoms with Crippen molar-refractivity contribution in [1.82, 2.24) is 4.72 Å². The number of fused-ring (bicyclic) bond motifs is 3. The van der Waals surface area contributed by atoms with Crippen LogP contribution in [0.25, 0.3) is 11.1 Å². The first-order chi connectivity index (χ1) is 13.2. The van der Waals surface area contributed by atoms with E-state index in [9.17, 15) is 13.2 Å². The molecule has 0 aliphatic heterocycles. The summed E-state index contributed by atoms with van der Waals surface area (Å²) >= 11 is 0. The quantitative estimate of drug-likeness (QED) is 0.587. The van der Waals surface area contributed by atoms with Crippen molar-refractivity contribution in [1.29, 1.82) is 0 Å². The first-order valence-corrected chi connectivity index (χ1v) is 11.2. The highest BCUT2D eigenvalue weighted by molar-refractivity contribution is 7.90. The van der Waals surface area contributed by atoms with Crippen molar-refractivity contribution in [3.63, 3.8) is 0 Å². The van der Waals surface area contributed by atoms with Crippen molar-refractivity contribution in [2.24, 2.45) is 0 Å². The van der Waals surface area contributed by atoms with Gasteiger partial charge < -0.3 is 5.32 Å². The predicted molar refractivity (Wildman–Crippen MR) is 114 cm³/mol. The molecule has 0 bridgehead atoms. The zero-order valence-corrected chi connectivity index (χ0v) is 17.5. The number of amides is 1. The van der Waals surface area contributed by atoms with Gasteiger partial charge in [0.15, 0.2) is 0 Å². The third kappa shape index (κ3) is 4.45. The molecular formula is C22H28N2O3S. The fraction of sp³-hybridized carbons (Fsp3) is 0.409. The molecule has 150 valence electrons. The van der Waals surface area contributed by atoms with Crippen LogP contribution in [-0.2, 0) is 21.2 Å². The van der Waals surface area contributed by atoms with Gasteiger partial charge in [-0.25, -0.2) is 13.1 Å². The normalized spacial score (nSPS) is 13.1. The van der Waals surface area contributed by atoms with E-state index in [0.717, 1.165) is 17.7 Å². The second kappa shape index (κ2) is 8.05. The molecule has 1 amide bonds. The lowest BCUT2D eigenvalue weighted by atomic mass is 10.0. The zero-order valence-electron chi connectivity index (χ0n) is 16.7. The minimum atomic E-state index is -3.33. The van der Waals surface area contributed by atoms with Crippen LogP contribution in [0, 0.1) is 0 Å². The molecule has 0 unspecified atom stereocenters. The van der Waals surface area contributed by atoms with E-state index in [0.29, 0.717) is 25.8 Å². The third-order valence-corrected chi connectivity index (χ3v) is 7.25. The molecule has 0 spiro atoms. The molecule has 2 aromatic carbocycles. The smallest absolute Gasteiger partial charge is 0.224 e. The number of nitrogens with one attached hydrogen (secondary N) is 2.